The monoisotopic (exact) mass is 222 g/mol. The molecule has 0 amide bonds. The van der Waals surface area contributed by atoms with Crippen LogP contribution in [0.25, 0.3) is 0 Å². The molecular formula is CH3IO5. The van der Waals surface area contributed by atoms with E-state index < -0.39 is 0 Å². The Kier molecular flexibility index (Phi) is 7.02. The lowest BCUT2D eigenvalue weighted by Gasteiger charge is -1.90. The molecular weight excluding hydrogens is 219 g/mol. The molecule has 7 heavy (non-hydrogen) atoms. The Balaban J connectivity index is 2.45. The summed E-state index contributed by atoms with van der Waals surface area (Å²) in [5, 5.41) is 11.1. The van der Waals surface area contributed by atoms with Crippen molar-refractivity contribution < 1.29 is 23.2 Å². The molecule has 0 spiro atoms. The number of hydrogen-bond acceptors (Lipinski definition) is 5. The second-order valence-electron chi connectivity index (χ2n) is 0.434. The highest BCUT2D eigenvalue weighted by molar-refractivity contribution is 14.1. The minimum Gasteiger partial charge on any atom is -0.207 e. The van der Waals surface area contributed by atoms with Crippen molar-refractivity contribution in [3.63, 3.8) is 0 Å². The van der Waals surface area contributed by atoms with Gasteiger partial charge in [-0.3, -0.25) is 0 Å². The molecule has 0 unspecified atom stereocenters. The molecule has 0 bridgehead atoms. The van der Waals surface area contributed by atoms with Crippen LogP contribution >= 0.6 is 23.0 Å². The quantitative estimate of drug-likeness (QED) is 0.303. The maximum atomic E-state index is 3.91. The standard InChI is InChI=1S/CH3IO5/c1-3-5-7-6-4-2/h1H3. The van der Waals surface area contributed by atoms with Crippen LogP contribution in [0.4, 0.5) is 0 Å². The molecule has 5 nitrogen and oxygen atoms in total. The van der Waals surface area contributed by atoms with Crippen LogP contribution in [0.15, 0.2) is 0 Å². The molecule has 44 valence electrons. The van der Waals surface area contributed by atoms with E-state index in [2.05, 4.69) is 23.2 Å². The highest BCUT2D eigenvalue weighted by atomic mass is 127. The highest BCUT2D eigenvalue weighted by Crippen LogP contribution is 1.88. The molecule has 0 aliphatic heterocycles. The van der Waals surface area contributed by atoms with Gasteiger partial charge in [-0.05, 0) is 15.1 Å². The first-order chi connectivity index (χ1) is 3.41. The van der Waals surface area contributed by atoms with E-state index in [-0.39, 0.29) is 0 Å². The van der Waals surface area contributed by atoms with Crippen molar-refractivity contribution in [2.45, 2.75) is 0 Å². The van der Waals surface area contributed by atoms with Crippen LogP contribution in [0, 0.1) is 0 Å². The summed E-state index contributed by atoms with van der Waals surface area (Å²) in [6.07, 6.45) is 0. The zero-order chi connectivity index (χ0) is 5.54. The zero-order valence-electron chi connectivity index (χ0n) is 3.42. The summed E-state index contributed by atoms with van der Waals surface area (Å²) in [7, 11) is 1.26. The van der Waals surface area contributed by atoms with Gasteiger partial charge in [0.1, 0.15) is 0 Å². The van der Waals surface area contributed by atoms with Crippen LogP contribution in [-0.4, -0.2) is 7.11 Å². The summed E-state index contributed by atoms with van der Waals surface area (Å²) < 4.78 is 3.89. The van der Waals surface area contributed by atoms with Crippen molar-refractivity contribution in [2.24, 2.45) is 0 Å². The number of hydrogen-bond donors (Lipinski definition) is 0. The van der Waals surface area contributed by atoms with Gasteiger partial charge in [-0.25, -0.2) is 4.89 Å². The average Bonchev–Trinajstić information content (AvgIpc) is 1.69. The fraction of sp³-hybridized carbons (Fsp3) is 1.00. The van der Waals surface area contributed by atoms with Gasteiger partial charge in [0, 0.05) is 0 Å². The average molecular weight is 222 g/mol. The van der Waals surface area contributed by atoms with Gasteiger partial charge in [-0.2, -0.15) is 0 Å². The smallest absolute Gasteiger partial charge is 0.158 e. The van der Waals surface area contributed by atoms with Crippen LogP contribution in [0.5, 0.6) is 0 Å². The molecule has 0 aromatic heterocycles. The lowest BCUT2D eigenvalue weighted by molar-refractivity contribution is -0.681. The molecule has 0 saturated carbocycles. The third kappa shape index (κ3) is 6.53. The molecule has 6 heteroatoms. The van der Waals surface area contributed by atoms with Gasteiger partial charge in [0.05, 0.1) is 7.11 Å². The Labute approximate surface area is 53.8 Å². The predicted octanol–water partition coefficient (Wildman–Crippen LogP) is 0.709. The zero-order valence-corrected chi connectivity index (χ0v) is 5.58. The Morgan fingerprint density at radius 3 is 2.29 bits per heavy atom. The van der Waals surface area contributed by atoms with Crippen molar-refractivity contribution in [1.29, 1.82) is 0 Å². The Bertz CT molecular complexity index is 27.3. The van der Waals surface area contributed by atoms with E-state index in [1.165, 1.54) is 30.1 Å². The molecule has 0 radical (unpaired) electrons. The van der Waals surface area contributed by atoms with Gasteiger partial charge in [0.25, 0.3) is 0 Å². The minimum atomic E-state index is 1.26. The van der Waals surface area contributed by atoms with Crippen LogP contribution in [0.2, 0.25) is 0 Å². The summed E-state index contributed by atoms with van der Waals surface area (Å²) >= 11 is 1.44. The largest absolute Gasteiger partial charge is 0.207 e. The summed E-state index contributed by atoms with van der Waals surface area (Å²) in [5.41, 5.74) is 0. The molecule has 0 aliphatic carbocycles. The SMILES string of the molecule is COOOOOI. The Morgan fingerprint density at radius 1 is 1.14 bits per heavy atom. The minimum absolute atomic E-state index is 1.26. The first-order valence-electron chi connectivity index (χ1n) is 1.23. The van der Waals surface area contributed by atoms with Crippen molar-refractivity contribution in [3.05, 3.63) is 0 Å². The van der Waals surface area contributed by atoms with E-state index in [4.69, 9.17) is 0 Å². The molecule has 0 aromatic carbocycles. The molecule has 0 aromatic rings. The molecule has 0 saturated heterocycles. The number of rotatable bonds is 4. The van der Waals surface area contributed by atoms with Crippen LogP contribution < -0.4 is 0 Å². The van der Waals surface area contributed by atoms with Crippen molar-refractivity contribution in [2.75, 3.05) is 7.11 Å². The molecule has 0 aliphatic rings. The van der Waals surface area contributed by atoms with E-state index in [1.54, 1.807) is 0 Å². The first-order valence-corrected chi connectivity index (χ1v) is 2.11. The maximum Gasteiger partial charge on any atom is 0.158 e. The second kappa shape index (κ2) is 6.53. The molecule has 0 heterocycles. The molecule has 0 rings (SSSR count). The fourth-order valence-corrected chi connectivity index (χ4v) is 0.110. The lowest BCUT2D eigenvalue weighted by atomic mass is 11.8. The lowest BCUT2D eigenvalue weighted by Crippen LogP contribution is -1.90. The third-order valence-electron chi connectivity index (χ3n) is 0.149. The van der Waals surface area contributed by atoms with Crippen LogP contribution in [0.3, 0.4) is 0 Å². The summed E-state index contributed by atoms with van der Waals surface area (Å²) in [5.74, 6) is 0. The third-order valence-corrected chi connectivity index (χ3v) is 0.296. The van der Waals surface area contributed by atoms with Crippen molar-refractivity contribution >= 4 is 23.0 Å². The first kappa shape index (κ1) is 7.53. The van der Waals surface area contributed by atoms with Crippen LogP contribution in [0.1, 0.15) is 0 Å². The van der Waals surface area contributed by atoms with Crippen LogP contribution in [-0.2, 0) is 23.2 Å². The van der Waals surface area contributed by atoms with Crippen molar-refractivity contribution in [1.82, 2.24) is 0 Å². The van der Waals surface area contributed by atoms with E-state index in [9.17, 15) is 0 Å². The molecule has 0 atom stereocenters. The summed E-state index contributed by atoms with van der Waals surface area (Å²) in [6, 6.07) is 0. The van der Waals surface area contributed by atoms with E-state index in [0.29, 0.717) is 0 Å². The highest BCUT2D eigenvalue weighted by Gasteiger charge is 1.81. The van der Waals surface area contributed by atoms with Crippen molar-refractivity contribution in [3.8, 4) is 0 Å². The molecule has 0 fully saturated rings. The van der Waals surface area contributed by atoms with Gasteiger partial charge < -0.3 is 0 Å². The Hall–Kier alpha value is 0.530. The van der Waals surface area contributed by atoms with E-state index >= 15 is 0 Å². The number of halogens is 1. The fourth-order valence-electron chi connectivity index (χ4n) is 0.0496. The van der Waals surface area contributed by atoms with Gasteiger partial charge in [0.2, 0.25) is 0 Å². The predicted molar refractivity (Wildman–Crippen MR) is 25.4 cm³/mol. The second-order valence-corrected chi connectivity index (χ2v) is 0.793. The topological polar surface area (TPSA) is 46.2 Å². The van der Waals surface area contributed by atoms with E-state index in [1.807, 2.05) is 0 Å². The van der Waals surface area contributed by atoms with Gasteiger partial charge in [-0.15, -0.1) is 3.22 Å². The Morgan fingerprint density at radius 2 is 1.86 bits per heavy atom. The molecule has 0 N–H and O–H groups in total. The summed E-state index contributed by atoms with van der Waals surface area (Å²) in [4.78, 5) is 3.91. The summed E-state index contributed by atoms with van der Waals surface area (Å²) in [6.45, 7) is 0. The van der Waals surface area contributed by atoms with E-state index in [0.717, 1.165) is 0 Å². The maximum absolute atomic E-state index is 3.91. The van der Waals surface area contributed by atoms with Gasteiger partial charge >= 0.3 is 0 Å². The van der Waals surface area contributed by atoms with Gasteiger partial charge in [0.15, 0.2) is 23.0 Å². The normalized spacial score (nSPS) is 9.43. The van der Waals surface area contributed by atoms with Gasteiger partial charge in [-0.1, -0.05) is 0 Å².